The summed E-state index contributed by atoms with van der Waals surface area (Å²) in [5, 5.41) is 3.01. The first kappa shape index (κ1) is 28.2. The first-order chi connectivity index (χ1) is 17.1. The van der Waals surface area contributed by atoms with Crippen molar-refractivity contribution >= 4 is 15.9 Å². The molecule has 1 fully saturated rings. The quantitative estimate of drug-likeness (QED) is 0.456. The Balaban J connectivity index is 1.39. The smallest absolute Gasteiger partial charge is 0.246 e. The van der Waals surface area contributed by atoms with Gasteiger partial charge in [-0.2, -0.15) is 4.31 Å². The molecule has 1 saturated carbocycles. The van der Waals surface area contributed by atoms with Crippen LogP contribution < -0.4 is 5.32 Å². The molecule has 1 unspecified atom stereocenters. The molecule has 198 valence electrons. The highest BCUT2D eigenvalue weighted by Crippen LogP contribution is 2.37. The third-order valence-corrected chi connectivity index (χ3v) is 8.53. The van der Waals surface area contributed by atoms with Crippen molar-refractivity contribution in [2.24, 2.45) is 5.92 Å². The molecule has 0 radical (unpaired) electrons. The molecule has 1 amide bonds. The largest absolute Gasteiger partial charge is 0.370 e. The first-order valence-electron chi connectivity index (χ1n) is 12.1. The Bertz CT molecular complexity index is 1090. The number of likely N-dealkylation sites (N-methyl/N-ethyl adjacent to an activating group) is 1. The van der Waals surface area contributed by atoms with Gasteiger partial charge in [-0.25, -0.2) is 17.2 Å². The number of nitrogens with one attached hydrogen (secondary N) is 1. The Hall–Kier alpha value is -2.40. The highest BCUT2D eigenvalue weighted by molar-refractivity contribution is 7.89. The van der Waals surface area contributed by atoms with Gasteiger partial charge in [0.15, 0.2) is 0 Å². The van der Waals surface area contributed by atoms with E-state index in [0.29, 0.717) is 5.92 Å². The maximum atomic E-state index is 13.3. The van der Waals surface area contributed by atoms with E-state index in [1.165, 1.54) is 31.3 Å². The van der Waals surface area contributed by atoms with Crippen LogP contribution in [0.4, 0.5) is 8.78 Å². The van der Waals surface area contributed by atoms with Crippen LogP contribution in [0.15, 0.2) is 53.4 Å². The van der Waals surface area contributed by atoms with E-state index >= 15 is 0 Å². The van der Waals surface area contributed by atoms with Gasteiger partial charge in [0.1, 0.15) is 18.2 Å². The van der Waals surface area contributed by atoms with E-state index in [4.69, 9.17) is 4.74 Å². The SMILES string of the molecule is CN(C)C(c1ccc(F)cc1)C1CCC(NC(=O)COCCN(C)S(=O)(=O)c2ccc(F)cc2)CC1. The second kappa shape index (κ2) is 12.7. The van der Waals surface area contributed by atoms with Gasteiger partial charge in [-0.1, -0.05) is 12.1 Å². The summed E-state index contributed by atoms with van der Waals surface area (Å²) in [6.45, 7) is -0.0348. The number of benzene rings is 2. The molecule has 0 spiro atoms. The average Bonchev–Trinajstić information content (AvgIpc) is 2.84. The highest BCUT2D eigenvalue weighted by atomic mass is 32.2. The third kappa shape index (κ3) is 7.55. The number of sulfonamides is 1. The highest BCUT2D eigenvalue weighted by Gasteiger charge is 2.30. The normalized spacial score (nSPS) is 19.4. The van der Waals surface area contributed by atoms with Crippen LogP contribution >= 0.6 is 0 Å². The number of amides is 1. The van der Waals surface area contributed by atoms with Crippen LogP contribution in [-0.2, 0) is 19.6 Å². The second-order valence-corrected chi connectivity index (χ2v) is 11.5. The fourth-order valence-corrected chi connectivity index (χ4v) is 5.92. The van der Waals surface area contributed by atoms with E-state index in [1.54, 1.807) is 0 Å². The van der Waals surface area contributed by atoms with Crippen LogP contribution in [0.25, 0.3) is 0 Å². The fraction of sp³-hybridized carbons (Fsp3) is 0.500. The molecular weight excluding hydrogens is 488 g/mol. The minimum Gasteiger partial charge on any atom is -0.370 e. The Morgan fingerprint density at radius 3 is 2.08 bits per heavy atom. The number of ether oxygens (including phenoxy) is 1. The van der Waals surface area contributed by atoms with E-state index in [9.17, 15) is 22.0 Å². The van der Waals surface area contributed by atoms with Gasteiger partial charge in [0.05, 0.1) is 11.5 Å². The number of hydrogen-bond acceptors (Lipinski definition) is 5. The monoisotopic (exact) mass is 523 g/mol. The van der Waals surface area contributed by atoms with Crippen molar-refractivity contribution in [1.29, 1.82) is 0 Å². The van der Waals surface area contributed by atoms with Crippen LogP contribution in [0.1, 0.15) is 37.3 Å². The molecule has 0 aliphatic heterocycles. The molecule has 0 aromatic heterocycles. The number of nitrogens with zero attached hydrogens (tertiary/aromatic N) is 2. The van der Waals surface area contributed by atoms with Crippen molar-refractivity contribution in [3.63, 3.8) is 0 Å². The van der Waals surface area contributed by atoms with Crippen LogP contribution in [0.5, 0.6) is 0 Å². The Morgan fingerprint density at radius 2 is 1.53 bits per heavy atom. The predicted octanol–water partition coefficient (Wildman–Crippen LogP) is 3.58. The number of rotatable bonds is 11. The van der Waals surface area contributed by atoms with Crippen molar-refractivity contribution in [1.82, 2.24) is 14.5 Å². The molecular formula is C26H35F2N3O4S. The number of hydrogen-bond donors (Lipinski definition) is 1. The molecule has 0 bridgehead atoms. The Labute approximate surface area is 212 Å². The molecule has 2 aromatic rings. The van der Waals surface area contributed by atoms with Crippen LogP contribution in [0.2, 0.25) is 0 Å². The van der Waals surface area contributed by atoms with Crippen LogP contribution in [0.3, 0.4) is 0 Å². The zero-order valence-electron chi connectivity index (χ0n) is 21.0. The molecule has 1 aliphatic carbocycles. The topological polar surface area (TPSA) is 79.0 Å². The molecule has 0 saturated heterocycles. The fourth-order valence-electron chi connectivity index (χ4n) is 4.77. The van der Waals surface area contributed by atoms with Crippen molar-refractivity contribution < 1.29 is 26.7 Å². The zero-order valence-corrected chi connectivity index (χ0v) is 21.8. The van der Waals surface area contributed by atoms with Crippen molar-refractivity contribution in [2.45, 2.75) is 42.7 Å². The molecule has 0 heterocycles. The van der Waals surface area contributed by atoms with Crippen molar-refractivity contribution in [3.8, 4) is 0 Å². The zero-order chi connectivity index (χ0) is 26.3. The molecule has 1 atom stereocenters. The summed E-state index contributed by atoms with van der Waals surface area (Å²) in [6, 6.07) is 11.5. The number of halogens is 2. The molecule has 36 heavy (non-hydrogen) atoms. The predicted molar refractivity (Wildman–Crippen MR) is 134 cm³/mol. The molecule has 2 aromatic carbocycles. The summed E-state index contributed by atoms with van der Waals surface area (Å²) in [7, 11) is 1.71. The van der Waals surface area contributed by atoms with Gasteiger partial charge in [0.2, 0.25) is 15.9 Å². The van der Waals surface area contributed by atoms with E-state index in [-0.39, 0.29) is 48.5 Å². The lowest BCUT2D eigenvalue weighted by atomic mass is 9.78. The summed E-state index contributed by atoms with van der Waals surface area (Å²) in [6.07, 6.45) is 3.58. The number of carbonyl (C=O) groups is 1. The minimum absolute atomic E-state index is 0.00400. The summed E-state index contributed by atoms with van der Waals surface area (Å²) in [5.41, 5.74) is 1.09. The van der Waals surface area contributed by atoms with Crippen LogP contribution in [-0.4, -0.2) is 70.5 Å². The van der Waals surface area contributed by atoms with Gasteiger partial charge in [-0.3, -0.25) is 4.79 Å². The lowest BCUT2D eigenvalue weighted by Crippen LogP contribution is -2.41. The lowest BCUT2D eigenvalue weighted by molar-refractivity contribution is -0.126. The van der Waals surface area contributed by atoms with E-state index in [2.05, 4.69) is 10.2 Å². The maximum absolute atomic E-state index is 13.3. The summed E-state index contributed by atoms with van der Waals surface area (Å²) in [4.78, 5) is 14.5. The van der Waals surface area contributed by atoms with E-state index in [1.807, 2.05) is 26.2 Å². The Kier molecular flexibility index (Phi) is 9.95. The molecule has 3 rings (SSSR count). The van der Waals surface area contributed by atoms with Gasteiger partial charge in [-0.15, -0.1) is 0 Å². The lowest BCUT2D eigenvalue weighted by Gasteiger charge is -2.37. The van der Waals surface area contributed by atoms with Gasteiger partial charge in [0.25, 0.3) is 0 Å². The molecule has 7 nitrogen and oxygen atoms in total. The summed E-state index contributed by atoms with van der Waals surface area (Å²) < 4.78 is 57.9. The summed E-state index contributed by atoms with van der Waals surface area (Å²) in [5.74, 6) is -0.575. The second-order valence-electron chi connectivity index (χ2n) is 9.47. The van der Waals surface area contributed by atoms with Gasteiger partial charge in [0, 0.05) is 25.7 Å². The first-order valence-corrected chi connectivity index (χ1v) is 13.5. The average molecular weight is 524 g/mol. The van der Waals surface area contributed by atoms with Crippen molar-refractivity contribution in [2.75, 3.05) is 40.9 Å². The van der Waals surface area contributed by atoms with Crippen LogP contribution in [0, 0.1) is 17.6 Å². The van der Waals surface area contributed by atoms with E-state index in [0.717, 1.165) is 47.7 Å². The summed E-state index contributed by atoms with van der Waals surface area (Å²) >= 11 is 0. The van der Waals surface area contributed by atoms with Crippen molar-refractivity contribution in [3.05, 3.63) is 65.7 Å². The number of carbonyl (C=O) groups excluding carboxylic acids is 1. The standard InChI is InChI=1S/C26H35F2N3O4S/c1-30(2)26(19-4-8-21(27)9-5-19)20-6-12-23(13-7-20)29-25(32)18-35-17-16-31(3)36(33,34)24-14-10-22(28)11-15-24/h4-5,8-11,14-15,20,23,26H,6-7,12-13,16-18H2,1-3H3,(H,29,32). The third-order valence-electron chi connectivity index (χ3n) is 6.66. The molecule has 1 N–H and O–H groups in total. The van der Waals surface area contributed by atoms with Gasteiger partial charge in [-0.05, 0) is 87.7 Å². The maximum Gasteiger partial charge on any atom is 0.246 e. The minimum atomic E-state index is -3.76. The Morgan fingerprint density at radius 1 is 0.972 bits per heavy atom. The van der Waals surface area contributed by atoms with Gasteiger partial charge >= 0.3 is 0 Å². The van der Waals surface area contributed by atoms with Gasteiger partial charge < -0.3 is 15.0 Å². The molecule has 10 heteroatoms. The molecule has 1 aliphatic rings. The van der Waals surface area contributed by atoms with E-state index < -0.39 is 15.8 Å².